The minimum atomic E-state index is 0.104. The van der Waals surface area contributed by atoms with Crippen LogP contribution in [0.1, 0.15) is 59.5 Å². The van der Waals surface area contributed by atoms with Crippen LogP contribution in [0.2, 0.25) is 0 Å². The molecule has 6 heteroatoms. The lowest BCUT2D eigenvalue weighted by Crippen LogP contribution is -2.39. The average molecular weight is 335 g/mol. The molecule has 1 unspecified atom stereocenters. The highest BCUT2D eigenvalue weighted by Gasteiger charge is 2.31. The molecule has 128 valence electrons. The standard InChI is InChI=1S/C19H21N5O/c25-19(15-4-1-5-16-14(15)8-9-20-16)24-10-2-3-13(11-24)18-21-17(22-23-18)12-6-7-12/h1,4-5,8-9,12-13,20H,2-3,6-7,10-11H2,(H,21,22,23). The maximum Gasteiger partial charge on any atom is 0.254 e. The van der Waals surface area contributed by atoms with Gasteiger partial charge in [-0.3, -0.25) is 9.89 Å². The van der Waals surface area contributed by atoms with Crippen LogP contribution in [0.3, 0.4) is 0 Å². The van der Waals surface area contributed by atoms with Crippen molar-refractivity contribution < 1.29 is 4.79 Å². The second-order valence-corrected chi connectivity index (χ2v) is 7.19. The van der Waals surface area contributed by atoms with Crippen LogP contribution in [0.4, 0.5) is 0 Å². The fourth-order valence-electron chi connectivity index (χ4n) is 3.82. The zero-order valence-corrected chi connectivity index (χ0v) is 14.0. The molecule has 0 bridgehead atoms. The topological polar surface area (TPSA) is 77.7 Å². The van der Waals surface area contributed by atoms with Gasteiger partial charge in [-0.2, -0.15) is 5.10 Å². The Bertz CT molecular complexity index is 923. The monoisotopic (exact) mass is 335 g/mol. The van der Waals surface area contributed by atoms with Crippen LogP contribution in [-0.2, 0) is 0 Å². The summed E-state index contributed by atoms with van der Waals surface area (Å²) in [6.45, 7) is 1.50. The molecular formula is C19H21N5O. The van der Waals surface area contributed by atoms with Crippen LogP contribution in [0.25, 0.3) is 10.9 Å². The van der Waals surface area contributed by atoms with Crippen molar-refractivity contribution in [3.63, 3.8) is 0 Å². The van der Waals surface area contributed by atoms with Gasteiger partial charge in [0, 0.05) is 47.6 Å². The highest BCUT2D eigenvalue weighted by molar-refractivity contribution is 6.06. The molecule has 2 aliphatic rings. The number of H-pyrrole nitrogens is 2. The highest BCUT2D eigenvalue weighted by Crippen LogP contribution is 2.38. The van der Waals surface area contributed by atoms with Gasteiger partial charge in [0.1, 0.15) is 5.82 Å². The van der Waals surface area contributed by atoms with E-state index in [1.807, 2.05) is 35.4 Å². The predicted molar refractivity (Wildman–Crippen MR) is 94.5 cm³/mol. The minimum absolute atomic E-state index is 0.104. The van der Waals surface area contributed by atoms with Gasteiger partial charge in [-0.15, -0.1) is 0 Å². The van der Waals surface area contributed by atoms with Crippen LogP contribution >= 0.6 is 0 Å². The van der Waals surface area contributed by atoms with Crippen molar-refractivity contribution in [1.82, 2.24) is 25.1 Å². The Morgan fingerprint density at radius 1 is 1.16 bits per heavy atom. The van der Waals surface area contributed by atoms with E-state index in [0.29, 0.717) is 12.5 Å². The largest absolute Gasteiger partial charge is 0.361 e. The van der Waals surface area contributed by atoms with E-state index in [4.69, 9.17) is 4.98 Å². The predicted octanol–water partition coefficient (Wildman–Crippen LogP) is 3.18. The molecule has 1 aliphatic carbocycles. The van der Waals surface area contributed by atoms with Crippen molar-refractivity contribution in [2.45, 2.75) is 37.5 Å². The van der Waals surface area contributed by atoms with Crippen molar-refractivity contribution >= 4 is 16.8 Å². The molecule has 3 heterocycles. The lowest BCUT2D eigenvalue weighted by molar-refractivity contribution is 0.0706. The number of likely N-dealkylation sites (tertiary alicyclic amines) is 1. The Kier molecular flexibility index (Phi) is 3.36. The van der Waals surface area contributed by atoms with Gasteiger partial charge >= 0.3 is 0 Å². The van der Waals surface area contributed by atoms with E-state index in [9.17, 15) is 4.79 Å². The fraction of sp³-hybridized carbons (Fsp3) is 0.421. The van der Waals surface area contributed by atoms with Gasteiger partial charge < -0.3 is 9.88 Å². The first kappa shape index (κ1) is 14.7. The molecule has 1 atom stereocenters. The van der Waals surface area contributed by atoms with E-state index in [1.165, 1.54) is 12.8 Å². The molecule has 6 nitrogen and oxygen atoms in total. The van der Waals surface area contributed by atoms with E-state index in [0.717, 1.165) is 47.5 Å². The van der Waals surface area contributed by atoms with Crippen molar-refractivity contribution in [3.05, 3.63) is 47.7 Å². The third-order valence-corrected chi connectivity index (χ3v) is 5.38. The molecule has 2 N–H and O–H groups in total. The van der Waals surface area contributed by atoms with Crippen LogP contribution in [0.15, 0.2) is 30.5 Å². The summed E-state index contributed by atoms with van der Waals surface area (Å²) in [6.07, 6.45) is 6.34. The molecule has 1 aliphatic heterocycles. The maximum atomic E-state index is 13.1. The zero-order valence-electron chi connectivity index (χ0n) is 14.0. The van der Waals surface area contributed by atoms with Crippen molar-refractivity contribution in [3.8, 4) is 0 Å². The third-order valence-electron chi connectivity index (χ3n) is 5.38. The number of amides is 1. The van der Waals surface area contributed by atoms with Gasteiger partial charge in [0.25, 0.3) is 5.91 Å². The summed E-state index contributed by atoms with van der Waals surface area (Å²) in [4.78, 5) is 22.9. The summed E-state index contributed by atoms with van der Waals surface area (Å²) in [5.41, 5.74) is 1.77. The molecule has 2 fully saturated rings. The molecule has 1 saturated carbocycles. The van der Waals surface area contributed by atoms with Gasteiger partial charge in [-0.1, -0.05) is 6.07 Å². The lowest BCUT2D eigenvalue weighted by atomic mass is 9.96. The summed E-state index contributed by atoms with van der Waals surface area (Å²) in [6, 6.07) is 7.82. The van der Waals surface area contributed by atoms with E-state index < -0.39 is 0 Å². The molecule has 1 amide bonds. The van der Waals surface area contributed by atoms with Gasteiger partial charge in [0.2, 0.25) is 0 Å². The van der Waals surface area contributed by atoms with E-state index in [1.54, 1.807) is 0 Å². The Labute approximate surface area is 145 Å². The first-order chi connectivity index (χ1) is 12.3. The smallest absolute Gasteiger partial charge is 0.254 e. The Balaban J connectivity index is 1.38. The molecule has 25 heavy (non-hydrogen) atoms. The van der Waals surface area contributed by atoms with Gasteiger partial charge in [-0.25, -0.2) is 4.98 Å². The number of piperidine rings is 1. The molecule has 2 aromatic heterocycles. The second-order valence-electron chi connectivity index (χ2n) is 7.19. The van der Waals surface area contributed by atoms with Gasteiger partial charge in [0.05, 0.1) is 0 Å². The number of aromatic nitrogens is 4. The number of hydrogen-bond donors (Lipinski definition) is 2. The number of nitrogens with one attached hydrogen (secondary N) is 2. The summed E-state index contributed by atoms with van der Waals surface area (Å²) in [5.74, 6) is 2.81. The maximum absolute atomic E-state index is 13.1. The first-order valence-corrected chi connectivity index (χ1v) is 9.07. The van der Waals surface area contributed by atoms with Crippen molar-refractivity contribution in [1.29, 1.82) is 0 Å². The first-order valence-electron chi connectivity index (χ1n) is 9.07. The lowest BCUT2D eigenvalue weighted by Gasteiger charge is -2.31. The van der Waals surface area contributed by atoms with Crippen molar-refractivity contribution in [2.24, 2.45) is 0 Å². The number of rotatable bonds is 3. The van der Waals surface area contributed by atoms with Crippen LogP contribution in [-0.4, -0.2) is 44.1 Å². The summed E-state index contributed by atoms with van der Waals surface area (Å²) >= 11 is 0. The van der Waals surface area contributed by atoms with Crippen molar-refractivity contribution in [2.75, 3.05) is 13.1 Å². The number of carbonyl (C=O) groups excluding carboxylic acids is 1. The average Bonchev–Trinajstić information content (AvgIpc) is 3.19. The number of carbonyl (C=O) groups is 1. The zero-order chi connectivity index (χ0) is 16.8. The molecule has 0 spiro atoms. The molecule has 1 aromatic carbocycles. The van der Waals surface area contributed by atoms with E-state index in [2.05, 4.69) is 15.2 Å². The normalized spacial score (nSPS) is 21.0. The number of nitrogens with zero attached hydrogens (tertiary/aromatic N) is 3. The van der Waals surface area contributed by atoms with Gasteiger partial charge in [-0.05, 0) is 43.9 Å². The van der Waals surface area contributed by atoms with Crippen LogP contribution in [0, 0.1) is 0 Å². The molecule has 5 rings (SSSR count). The van der Waals surface area contributed by atoms with Crippen LogP contribution < -0.4 is 0 Å². The molecular weight excluding hydrogens is 314 g/mol. The number of aromatic amines is 2. The fourth-order valence-corrected chi connectivity index (χ4v) is 3.82. The van der Waals surface area contributed by atoms with Crippen LogP contribution in [0.5, 0.6) is 0 Å². The van der Waals surface area contributed by atoms with E-state index >= 15 is 0 Å². The Hall–Kier alpha value is -2.63. The number of benzene rings is 1. The van der Waals surface area contributed by atoms with E-state index in [-0.39, 0.29) is 11.8 Å². The highest BCUT2D eigenvalue weighted by atomic mass is 16.2. The Morgan fingerprint density at radius 3 is 2.96 bits per heavy atom. The number of fused-ring (bicyclic) bond motifs is 1. The number of hydrogen-bond acceptors (Lipinski definition) is 3. The molecule has 0 radical (unpaired) electrons. The third kappa shape index (κ3) is 2.62. The quantitative estimate of drug-likeness (QED) is 0.771. The minimum Gasteiger partial charge on any atom is -0.361 e. The summed E-state index contributed by atoms with van der Waals surface area (Å²) in [5, 5.41) is 8.51. The summed E-state index contributed by atoms with van der Waals surface area (Å²) in [7, 11) is 0. The second kappa shape index (κ2) is 5.72. The van der Waals surface area contributed by atoms with Gasteiger partial charge in [0.15, 0.2) is 5.82 Å². The SMILES string of the molecule is O=C(c1cccc2[nH]ccc12)N1CCCC(c2n[nH]c(C3CC3)n2)C1. The Morgan fingerprint density at radius 2 is 2.08 bits per heavy atom. The summed E-state index contributed by atoms with van der Waals surface area (Å²) < 4.78 is 0. The molecule has 3 aromatic rings. The molecule has 1 saturated heterocycles.